The van der Waals surface area contributed by atoms with Gasteiger partial charge in [0.05, 0.1) is 6.54 Å². The molecule has 0 aliphatic carbocycles. The van der Waals surface area contributed by atoms with Crippen LogP contribution < -0.4 is 10.6 Å². The lowest BCUT2D eigenvalue weighted by molar-refractivity contribution is -0.157. The van der Waals surface area contributed by atoms with Crippen molar-refractivity contribution in [2.45, 2.75) is 58.2 Å². The van der Waals surface area contributed by atoms with Crippen molar-refractivity contribution in [2.75, 3.05) is 27.2 Å². The van der Waals surface area contributed by atoms with Crippen molar-refractivity contribution in [1.82, 2.24) is 15.5 Å². The third-order valence-corrected chi connectivity index (χ3v) is 3.35. The normalized spacial score (nSPS) is 13.0. The molecule has 9 heteroatoms. The van der Waals surface area contributed by atoms with Crippen LogP contribution in [0.4, 0.5) is 13.2 Å². The van der Waals surface area contributed by atoms with E-state index in [-0.39, 0.29) is 36.6 Å². The molecule has 24 heavy (non-hydrogen) atoms. The van der Waals surface area contributed by atoms with E-state index in [9.17, 15) is 18.0 Å². The molecule has 0 fully saturated rings. The van der Waals surface area contributed by atoms with Crippen LogP contribution in [0.25, 0.3) is 0 Å². The van der Waals surface area contributed by atoms with Crippen molar-refractivity contribution in [3.63, 3.8) is 0 Å². The minimum Gasteiger partial charge on any atom is -0.354 e. The van der Waals surface area contributed by atoms with Gasteiger partial charge in [-0.2, -0.15) is 13.2 Å². The van der Waals surface area contributed by atoms with E-state index in [1.807, 2.05) is 6.92 Å². The SMILES string of the molecule is CCCCCCC(C)NC(=NC)NCC(=O)N(C)CC(F)(F)F.I. The summed E-state index contributed by atoms with van der Waals surface area (Å²) in [6, 6.07) is 0.182. The first-order valence-corrected chi connectivity index (χ1v) is 7.97. The van der Waals surface area contributed by atoms with Gasteiger partial charge in [-0.3, -0.25) is 9.79 Å². The fourth-order valence-corrected chi connectivity index (χ4v) is 2.03. The Balaban J connectivity index is 0. The summed E-state index contributed by atoms with van der Waals surface area (Å²) in [4.78, 5) is 16.3. The summed E-state index contributed by atoms with van der Waals surface area (Å²) in [7, 11) is 2.69. The number of halogens is 4. The Bertz CT molecular complexity index is 378. The number of nitrogens with zero attached hydrogens (tertiary/aromatic N) is 2. The van der Waals surface area contributed by atoms with E-state index in [1.54, 1.807) is 7.05 Å². The van der Waals surface area contributed by atoms with Crippen LogP contribution in [0.3, 0.4) is 0 Å². The van der Waals surface area contributed by atoms with Gasteiger partial charge < -0.3 is 15.5 Å². The number of alkyl halides is 3. The smallest absolute Gasteiger partial charge is 0.354 e. The third-order valence-electron chi connectivity index (χ3n) is 3.35. The fourth-order valence-electron chi connectivity index (χ4n) is 2.03. The van der Waals surface area contributed by atoms with Crippen molar-refractivity contribution in [3.05, 3.63) is 0 Å². The minimum absolute atomic E-state index is 0. The number of hydrogen-bond donors (Lipinski definition) is 2. The molecule has 1 atom stereocenters. The average molecular weight is 466 g/mol. The Kier molecular flexibility index (Phi) is 14.4. The molecule has 0 aromatic heterocycles. The third kappa shape index (κ3) is 13.7. The number of rotatable bonds is 9. The highest BCUT2D eigenvalue weighted by Crippen LogP contribution is 2.15. The Morgan fingerprint density at radius 2 is 1.88 bits per heavy atom. The number of aliphatic imine (C=N–C) groups is 1. The molecule has 0 saturated heterocycles. The van der Waals surface area contributed by atoms with Gasteiger partial charge in [-0.25, -0.2) is 0 Å². The predicted octanol–water partition coefficient (Wildman–Crippen LogP) is 3.15. The summed E-state index contributed by atoms with van der Waals surface area (Å²) in [5, 5.41) is 5.88. The predicted molar refractivity (Wildman–Crippen MR) is 102 cm³/mol. The summed E-state index contributed by atoms with van der Waals surface area (Å²) >= 11 is 0. The number of guanidine groups is 1. The molecule has 0 aliphatic rings. The summed E-state index contributed by atoms with van der Waals surface area (Å²) in [6.07, 6.45) is 1.25. The lowest BCUT2D eigenvalue weighted by Gasteiger charge is -2.21. The monoisotopic (exact) mass is 466 g/mol. The Morgan fingerprint density at radius 1 is 1.25 bits per heavy atom. The van der Waals surface area contributed by atoms with Crippen molar-refractivity contribution < 1.29 is 18.0 Å². The zero-order valence-corrected chi connectivity index (χ0v) is 17.2. The number of hydrogen-bond acceptors (Lipinski definition) is 2. The molecule has 0 aliphatic heterocycles. The highest BCUT2D eigenvalue weighted by atomic mass is 127. The molecule has 0 aromatic rings. The molecule has 1 amide bonds. The summed E-state index contributed by atoms with van der Waals surface area (Å²) in [6.45, 7) is 2.68. The van der Waals surface area contributed by atoms with E-state index >= 15 is 0 Å². The number of likely N-dealkylation sites (N-methyl/N-ethyl adjacent to an activating group) is 1. The largest absolute Gasteiger partial charge is 0.406 e. The maximum atomic E-state index is 12.2. The molecule has 0 aromatic carbocycles. The topological polar surface area (TPSA) is 56.7 Å². The van der Waals surface area contributed by atoms with Gasteiger partial charge in [-0.15, -0.1) is 24.0 Å². The van der Waals surface area contributed by atoms with Crippen molar-refractivity contribution in [2.24, 2.45) is 4.99 Å². The van der Waals surface area contributed by atoms with Crippen molar-refractivity contribution >= 4 is 35.8 Å². The number of carbonyl (C=O) groups excluding carboxylic acids is 1. The number of unbranched alkanes of at least 4 members (excludes halogenated alkanes) is 3. The van der Waals surface area contributed by atoms with Crippen LogP contribution >= 0.6 is 24.0 Å². The molecular weight excluding hydrogens is 436 g/mol. The van der Waals surface area contributed by atoms with Gasteiger partial charge in [0.15, 0.2) is 5.96 Å². The zero-order chi connectivity index (χ0) is 17.9. The summed E-state index contributed by atoms with van der Waals surface area (Å²) < 4.78 is 36.7. The van der Waals surface area contributed by atoms with Crippen molar-refractivity contribution in [3.8, 4) is 0 Å². The molecule has 0 spiro atoms. The number of carbonyl (C=O) groups is 1. The molecule has 0 saturated carbocycles. The maximum Gasteiger partial charge on any atom is 0.406 e. The number of nitrogens with one attached hydrogen (secondary N) is 2. The maximum absolute atomic E-state index is 12.2. The average Bonchev–Trinajstić information content (AvgIpc) is 2.45. The van der Waals surface area contributed by atoms with Crippen LogP contribution in [0.1, 0.15) is 46.0 Å². The van der Waals surface area contributed by atoms with Crippen LogP contribution in [0.5, 0.6) is 0 Å². The molecule has 144 valence electrons. The van der Waals surface area contributed by atoms with Gasteiger partial charge in [0.2, 0.25) is 5.91 Å². The van der Waals surface area contributed by atoms with Crippen LogP contribution in [-0.4, -0.2) is 56.2 Å². The first kappa shape index (κ1) is 25.5. The molecule has 0 radical (unpaired) electrons. The Hall–Kier alpha value is -0.740. The van der Waals surface area contributed by atoms with E-state index in [0.29, 0.717) is 10.9 Å². The van der Waals surface area contributed by atoms with E-state index in [4.69, 9.17) is 0 Å². The minimum atomic E-state index is -4.39. The van der Waals surface area contributed by atoms with Gasteiger partial charge in [0.25, 0.3) is 0 Å². The summed E-state index contributed by atoms with van der Waals surface area (Å²) in [5.74, 6) is -0.220. The first-order valence-electron chi connectivity index (χ1n) is 7.97. The van der Waals surface area contributed by atoms with Crippen molar-refractivity contribution in [1.29, 1.82) is 0 Å². The lowest BCUT2D eigenvalue weighted by Crippen LogP contribution is -2.47. The van der Waals surface area contributed by atoms with E-state index < -0.39 is 18.6 Å². The van der Waals surface area contributed by atoms with Crippen LogP contribution in [-0.2, 0) is 4.79 Å². The molecule has 0 bridgehead atoms. The molecular formula is C15H30F3IN4O. The molecule has 2 N–H and O–H groups in total. The second-order valence-corrected chi connectivity index (χ2v) is 5.69. The molecule has 0 heterocycles. The van der Waals surface area contributed by atoms with Gasteiger partial charge in [-0.1, -0.05) is 32.6 Å². The van der Waals surface area contributed by atoms with Gasteiger partial charge in [0.1, 0.15) is 6.54 Å². The van der Waals surface area contributed by atoms with Crippen LogP contribution in [0, 0.1) is 0 Å². The quantitative estimate of drug-likeness (QED) is 0.238. The van der Waals surface area contributed by atoms with Crippen LogP contribution in [0.15, 0.2) is 4.99 Å². The Labute approximate surface area is 159 Å². The van der Waals surface area contributed by atoms with Gasteiger partial charge in [0, 0.05) is 20.1 Å². The first-order chi connectivity index (χ1) is 10.7. The number of amides is 1. The van der Waals surface area contributed by atoms with E-state index in [0.717, 1.165) is 19.9 Å². The highest BCUT2D eigenvalue weighted by molar-refractivity contribution is 14.0. The zero-order valence-electron chi connectivity index (χ0n) is 14.9. The Morgan fingerprint density at radius 3 is 2.38 bits per heavy atom. The fraction of sp³-hybridized carbons (Fsp3) is 0.867. The lowest BCUT2D eigenvalue weighted by atomic mass is 10.1. The molecule has 0 rings (SSSR count). The van der Waals surface area contributed by atoms with E-state index in [1.165, 1.54) is 19.3 Å². The van der Waals surface area contributed by atoms with Gasteiger partial charge in [-0.05, 0) is 13.3 Å². The van der Waals surface area contributed by atoms with Crippen LogP contribution in [0.2, 0.25) is 0 Å². The van der Waals surface area contributed by atoms with E-state index in [2.05, 4.69) is 22.5 Å². The second-order valence-electron chi connectivity index (χ2n) is 5.69. The second kappa shape index (κ2) is 13.5. The highest BCUT2D eigenvalue weighted by Gasteiger charge is 2.31. The summed E-state index contributed by atoms with van der Waals surface area (Å²) in [5.41, 5.74) is 0. The standard InChI is InChI=1S/C15H29F3N4O.HI/c1-5-6-7-8-9-12(2)21-14(19-3)20-10-13(23)22(4)11-15(16,17)18;/h12H,5-11H2,1-4H3,(H2,19,20,21);1H. The van der Waals surface area contributed by atoms with Gasteiger partial charge >= 0.3 is 6.18 Å². The molecule has 5 nitrogen and oxygen atoms in total. The molecule has 1 unspecified atom stereocenters.